The van der Waals surface area contributed by atoms with E-state index in [0.29, 0.717) is 6.42 Å². The van der Waals surface area contributed by atoms with Gasteiger partial charge in [0.1, 0.15) is 0 Å². The summed E-state index contributed by atoms with van der Waals surface area (Å²) in [7, 11) is 1.77. The topological polar surface area (TPSA) is 70.1 Å². The van der Waals surface area contributed by atoms with Crippen LogP contribution >= 0.6 is 0 Å². The third kappa shape index (κ3) is 4.34. The maximum absolute atomic E-state index is 10.4. The highest BCUT2D eigenvalue weighted by Crippen LogP contribution is 1.97. The summed E-state index contributed by atoms with van der Waals surface area (Å²) in [6, 6.07) is 2.12. The average molecular weight is 155 g/mol. The summed E-state index contributed by atoms with van der Waals surface area (Å²) in [5.74, 6) is -0.364. The third-order valence-corrected chi connectivity index (χ3v) is 1.54. The van der Waals surface area contributed by atoms with Crippen molar-refractivity contribution in [2.24, 2.45) is 5.73 Å². The zero-order chi connectivity index (χ0) is 8.85. The zero-order valence-corrected chi connectivity index (χ0v) is 6.87. The molecule has 2 N–H and O–H groups in total. The van der Waals surface area contributed by atoms with Gasteiger partial charge in [0.2, 0.25) is 5.91 Å². The lowest BCUT2D eigenvalue weighted by Gasteiger charge is -2.20. The first kappa shape index (κ1) is 9.92. The van der Waals surface area contributed by atoms with Crippen LogP contribution in [0.4, 0.5) is 0 Å². The molecule has 0 radical (unpaired) electrons. The van der Waals surface area contributed by atoms with Crippen LogP contribution in [0.25, 0.3) is 0 Å². The molecule has 11 heavy (non-hydrogen) atoms. The number of nitrogens with zero attached hydrogens (tertiary/aromatic N) is 2. The van der Waals surface area contributed by atoms with Crippen molar-refractivity contribution >= 4 is 5.91 Å². The van der Waals surface area contributed by atoms with Crippen LogP contribution in [0.5, 0.6) is 0 Å². The maximum atomic E-state index is 10.4. The Morgan fingerprint density at radius 1 is 1.82 bits per heavy atom. The minimum Gasteiger partial charge on any atom is -0.369 e. The average Bonchev–Trinajstić information content (AvgIpc) is 1.86. The molecule has 4 heteroatoms. The summed E-state index contributed by atoms with van der Waals surface area (Å²) in [5, 5.41) is 8.33. The minimum atomic E-state index is -0.364. The second-order valence-corrected chi connectivity index (χ2v) is 2.59. The normalized spacial score (nSPS) is 12.5. The molecule has 0 aromatic rings. The highest BCUT2D eigenvalue weighted by Gasteiger charge is 2.09. The molecule has 1 atom stereocenters. The van der Waals surface area contributed by atoms with Gasteiger partial charge in [0.15, 0.2) is 0 Å². The maximum Gasteiger partial charge on any atom is 0.231 e. The van der Waals surface area contributed by atoms with Gasteiger partial charge in [-0.3, -0.25) is 9.69 Å². The van der Waals surface area contributed by atoms with Crippen LogP contribution in [0.2, 0.25) is 0 Å². The number of nitrogens with two attached hydrogens (primary N) is 1. The fourth-order valence-corrected chi connectivity index (χ4v) is 0.690. The molecular weight excluding hydrogens is 142 g/mol. The van der Waals surface area contributed by atoms with Gasteiger partial charge in [-0.15, -0.1) is 0 Å². The Bertz CT molecular complexity index is 173. The summed E-state index contributed by atoms with van der Waals surface area (Å²) in [5.41, 5.74) is 4.96. The Labute approximate surface area is 66.6 Å². The predicted octanol–water partition coefficient (Wildman–Crippen LogP) is -0.294. The lowest BCUT2D eigenvalue weighted by molar-refractivity contribution is -0.119. The molecule has 0 saturated heterocycles. The number of likely N-dealkylation sites (N-methyl/N-ethyl adjacent to an activating group) is 1. The standard InChI is InChI=1S/C7H13N3O/c1-6(3-4-8)10(2)5-7(9)11/h6H,3,5H2,1-2H3,(H2,9,11). The third-order valence-electron chi connectivity index (χ3n) is 1.54. The molecule has 0 saturated carbocycles. The van der Waals surface area contributed by atoms with Crippen molar-refractivity contribution in [1.29, 1.82) is 5.26 Å². The van der Waals surface area contributed by atoms with Gasteiger partial charge >= 0.3 is 0 Å². The van der Waals surface area contributed by atoms with Gasteiger partial charge in [0.05, 0.1) is 19.0 Å². The molecule has 0 aromatic carbocycles. The van der Waals surface area contributed by atoms with Crippen LogP contribution in [0, 0.1) is 11.3 Å². The van der Waals surface area contributed by atoms with E-state index in [9.17, 15) is 4.79 Å². The van der Waals surface area contributed by atoms with Gasteiger partial charge in [0, 0.05) is 6.04 Å². The first-order chi connectivity index (χ1) is 5.07. The molecule has 0 heterocycles. The first-order valence-electron chi connectivity index (χ1n) is 3.43. The molecular formula is C7H13N3O. The summed E-state index contributed by atoms with van der Waals surface area (Å²) >= 11 is 0. The van der Waals surface area contributed by atoms with Crippen LogP contribution in [0.15, 0.2) is 0 Å². The number of nitriles is 1. The highest BCUT2D eigenvalue weighted by molar-refractivity contribution is 5.75. The second-order valence-electron chi connectivity index (χ2n) is 2.59. The summed E-state index contributed by atoms with van der Waals surface area (Å²) in [6.45, 7) is 2.09. The number of primary amides is 1. The lowest BCUT2D eigenvalue weighted by atomic mass is 10.2. The lowest BCUT2D eigenvalue weighted by Crippen LogP contribution is -2.36. The van der Waals surface area contributed by atoms with Crippen LogP contribution < -0.4 is 5.73 Å². The Hall–Kier alpha value is -1.08. The van der Waals surface area contributed by atoms with Gasteiger partial charge in [-0.05, 0) is 14.0 Å². The number of carbonyl (C=O) groups excluding carboxylic acids is 1. The number of hydrogen-bond acceptors (Lipinski definition) is 3. The van der Waals surface area contributed by atoms with E-state index in [2.05, 4.69) is 0 Å². The van der Waals surface area contributed by atoms with Gasteiger partial charge in [-0.25, -0.2) is 0 Å². The molecule has 0 bridgehead atoms. The van der Waals surface area contributed by atoms with Crippen molar-refractivity contribution < 1.29 is 4.79 Å². The SMILES string of the molecule is CC(CC#N)N(C)CC(N)=O. The molecule has 1 amide bonds. The summed E-state index contributed by atoms with van der Waals surface area (Å²) < 4.78 is 0. The largest absolute Gasteiger partial charge is 0.369 e. The quantitative estimate of drug-likeness (QED) is 0.606. The molecule has 0 aliphatic heterocycles. The fourth-order valence-electron chi connectivity index (χ4n) is 0.690. The number of rotatable bonds is 4. The second kappa shape index (κ2) is 4.69. The van der Waals surface area contributed by atoms with E-state index in [4.69, 9.17) is 11.0 Å². The van der Waals surface area contributed by atoms with Gasteiger partial charge in [-0.1, -0.05) is 0 Å². The van der Waals surface area contributed by atoms with E-state index in [-0.39, 0.29) is 18.5 Å². The van der Waals surface area contributed by atoms with E-state index in [1.165, 1.54) is 0 Å². The zero-order valence-electron chi connectivity index (χ0n) is 6.87. The van der Waals surface area contributed by atoms with Crippen molar-refractivity contribution in [1.82, 2.24) is 4.90 Å². The van der Waals surface area contributed by atoms with Crippen LogP contribution in [-0.4, -0.2) is 30.4 Å². The molecule has 0 rings (SSSR count). The summed E-state index contributed by atoms with van der Waals surface area (Å²) in [6.07, 6.45) is 0.420. The fraction of sp³-hybridized carbons (Fsp3) is 0.714. The predicted molar refractivity (Wildman–Crippen MR) is 41.5 cm³/mol. The van der Waals surface area contributed by atoms with E-state index in [0.717, 1.165) is 0 Å². The van der Waals surface area contributed by atoms with Gasteiger partial charge in [0.25, 0.3) is 0 Å². The molecule has 0 spiro atoms. The number of carbonyl (C=O) groups is 1. The van der Waals surface area contributed by atoms with E-state index >= 15 is 0 Å². The monoisotopic (exact) mass is 155 g/mol. The van der Waals surface area contributed by atoms with Crippen molar-refractivity contribution in [2.45, 2.75) is 19.4 Å². The molecule has 0 aromatic heterocycles. The van der Waals surface area contributed by atoms with Crippen molar-refractivity contribution in [2.75, 3.05) is 13.6 Å². The molecule has 4 nitrogen and oxygen atoms in total. The van der Waals surface area contributed by atoms with E-state index in [1.807, 2.05) is 13.0 Å². The van der Waals surface area contributed by atoms with Crippen LogP contribution in [0.3, 0.4) is 0 Å². The Balaban J connectivity index is 3.74. The molecule has 62 valence electrons. The van der Waals surface area contributed by atoms with Gasteiger partial charge < -0.3 is 5.73 Å². The van der Waals surface area contributed by atoms with Crippen molar-refractivity contribution in [3.63, 3.8) is 0 Å². The van der Waals surface area contributed by atoms with E-state index in [1.54, 1.807) is 11.9 Å². The smallest absolute Gasteiger partial charge is 0.231 e. The van der Waals surface area contributed by atoms with Crippen LogP contribution in [0.1, 0.15) is 13.3 Å². The molecule has 1 unspecified atom stereocenters. The van der Waals surface area contributed by atoms with Gasteiger partial charge in [-0.2, -0.15) is 5.26 Å². The molecule has 0 fully saturated rings. The first-order valence-corrected chi connectivity index (χ1v) is 3.43. The van der Waals surface area contributed by atoms with Crippen molar-refractivity contribution in [3.05, 3.63) is 0 Å². The van der Waals surface area contributed by atoms with E-state index < -0.39 is 0 Å². The number of amides is 1. The Morgan fingerprint density at radius 2 is 2.36 bits per heavy atom. The van der Waals surface area contributed by atoms with Crippen LogP contribution in [-0.2, 0) is 4.79 Å². The Kier molecular flexibility index (Phi) is 4.23. The molecule has 0 aliphatic carbocycles. The minimum absolute atomic E-state index is 0.0903. The van der Waals surface area contributed by atoms with Crippen molar-refractivity contribution in [3.8, 4) is 6.07 Å². The Morgan fingerprint density at radius 3 is 2.73 bits per heavy atom. The molecule has 0 aliphatic rings. The highest BCUT2D eigenvalue weighted by atomic mass is 16.1. The number of hydrogen-bond donors (Lipinski definition) is 1. The summed E-state index contributed by atoms with van der Waals surface area (Å²) in [4.78, 5) is 12.2.